The van der Waals surface area contributed by atoms with Crippen molar-refractivity contribution < 1.29 is 27.4 Å². The predicted octanol–water partition coefficient (Wildman–Crippen LogP) is 0.482. The number of methoxy groups -OCH3 is 3. The van der Waals surface area contributed by atoms with Crippen molar-refractivity contribution in [3.8, 4) is 17.2 Å². The maximum Gasteiger partial charge on any atom is 0.250 e. The first kappa shape index (κ1) is 20.8. The summed E-state index contributed by atoms with van der Waals surface area (Å²) >= 11 is 0. The summed E-state index contributed by atoms with van der Waals surface area (Å²) in [6.07, 6.45) is -0.325. The van der Waals surface area contributed by atoms with Gasteiger partial charge < -0.3 is 24.7 Å². The molecule has 0 radical (unpaired) electrons. The quantitative estimate of drug-likeness (QED) is 0.763. The number of ether oxygens (including phenoxy) is 4. The summed E-state index contributed by atoms with van der Waals surface area (Å²) in [6, 6.07) is 3.02. The standard InChI is InChI=1S/C14H22N2O6S.ClH/c1-19-10-6-12(20-2)14(13(7-10)21-3)23(17,18)16-4-5-22-11(8-15)9-16;/h6-7,11H,4-5,8-9,15H2,1-3H3;1H. The summed E-state index contributed by atoms with van der Waals surface area (Å²) in [5, 5.41) is 0. The summed E-state index contributed by atoms with van der Waals surface area (Å²) in [7, 11) is 0.455. The first-order valence-electron chi connectivity index (χ1n) is 7.09. The van der Waals surface area contributed by atoms with Gasteiger partial charge in [0.15, 0.2) is 4.90 Å². The van der Waals surface area contributed by atoms with Crippen molar-refractivity contribution in [3.63, 3.8) is 0 Å². The number of hydrogen-bond acceptors (Lipinski definition) is 7. The van der Waals surface area contributed by atoms with Gasteiger partial charge in [0.1, 0.15) is 17.2 Å². The van der Waals surface area contributed by atoms with Gasteiger partial charge in [-0.1, -0.05) is 0 Å². The van der Waals surface area contributed by atoms with Crippen LogP contribution in [0.3, 0.4) is 0 Å². The van der Waals surface area contributed by atoms with Crippen LogP contribution >= 0.6 is 12.4 Å². The molecule has 10 heteroatoms. The number of nitrogens with zero attached hydrogens (tertiary/aromatic N) is 1. The van der Waals surface area contributed by atoms with E-state index in [2.05, 4.69) is 0 Å². The highest BCUT2D eigenvalue weighted by molar-refractivity contribution is 7.89. The number of sulfonamides is 1. The molecule has 8 nitrogen and oxygen atoms in total. The summed E-state index contributed by atoms with van der Waals surface area (Å²) < 4.78 is 48.5. The maximum absolute atomic E-state index is 13.0. The SMILES string of the molecule is COc1cc(OC)c(S(=O)(=O)N2CCOC(CN)C2)c(OC)c1.Cl. The molecule has 1 aromatic carbocycles. The van der Waals surface area contributed by atoms with Gasteiger partial charge in [0.2, 0.25) is 0 Å². The van der Waals surface area contributed by atoms with Gasteiger partial charge in [-0.15, -0.1) is 12.4 Å². The van der Waals surface area contributed by atoms with Crippen LogP contribution in [-0.4, -0.2) is 66.4 Å². The topological polar surface area (TPSA) is 100 Å². The van der Waals surface area contributed by atoms with Crippen molar-refractivity contribution in [3.05, 3.63) is 12.1 Å². The molecular weight excluding hydrogens is 360 g/mol. The number of morpholine rings is 1. The third kappa shape index (κ3) is 4.04. The molecule has 1 aromatic rings. The predicted molar refractivity (Wildman–Crippen MR) is 90.9 cm³/mol. The molecule has 24 heavy (non-hydrogen) atoms. The second kappa shape index (κ2) is 8.72. The highest BCUT2D eigenvalue weighted by Crippen LogP contribution is 2.39. The molecule has 0 saturated carbocycles. The Kier molecular flexibility index (Phi) is 7.56. The van der Waals surface area contributed by atoms with E-state index < -0.39 is 10.0 Å². The molecule has 1 saturated heterocycles. The second-order valence-corrected chi connectivity index (χ2v) is 6.83. The third-order valence-electron chi connectivity index (χ3n) is 3.63. The van der Waals surface area contributed by atoms with Gasteiger partial charge >= 0.3 is 0 Å². The average Bonchev–Trinajstić information content (AvgIpc) is 2.60. The van der Waals surface area contributed by atoms with Crippen molar-refractivity contribution in [2.45, 2.75) is 11.0 Å². The maximum atomic E-state index is 13.0. The average molecular weight is 383 g/mol. The van der Waals surface area contributed by atoms with E-state index in [1.807, 2.05) is 0 Å². The number of rotatable bonds is 6. The van der Waals surface area contributed by atoms with E-state index in [9.17, 15) is 8.42 Å². The Morgan fingerprint density at radius 1 is 1.21 bits per heavy atom. The lowest BCUT2D eigenvalue weighted by atomic mass is 10.3. The molecule has 1 fully saturated rings. The molecule has 1 aliphatic heterocycles. The number of hydrogen-bond donors (Lipinski definition) is 1. The molecule has 2 rings (SSSR count). The Bertz CT molecular complexity index is 630. The first-order chi connectivity index (χ1) is 11.0. The normalized spacial score (nSPS) is 18.6. The van der Waals surface area contributed by atoms with Gasteiger partial charge in [-0.25, -0.2) is 8.42 Å². The highest BCUT2D eigenvalue weighted by Gasteiger charge is 2.35. The summed E-state index contributed by atoms with van der Waals surface area (Å²) in [6.45, 7) is 0.985. The van der Waals surface area contributed by atoms with E-state index in [-0.39, 0.29) is 54.5 Å². The third-order valence-corrected chi connectivity index (χ3v) is 5.56. The van der Waals surface area contributed by atoms with Crippen LogP contribution in [0.5, 0.6) is 17.2 Å². The van der Waals surface area contributed by atoms with Crippen LogP contribution in [0.4, 0.5) is 0 Å². The Labute approximate surface area is 148 Å². The monoisotopic (exact) mass is 382 g/mol. The fraction of sp³-hybridized carbons (Fsp3) is 0.571. The molecule has 0 aromatic heterocycles. The van der Waals surface area contributed by atoms with Crippen molar-refractivity contribution in [1.82, 2.24) is 4.31 Å². The van der Waals surface area contributed by atoms with Crippen LogP contribution in [0.1, 0.15) is 0 Å². The fourth-order valence-corrected chi connectivity index (χ4v) is 4.14. The van der Waals surface area contributed by atoms with E-state index in [0.29, 0.717) is 12.4 Å². The summed E-state index contributed by atoms with van der Waals surface area (Å²) in [5.41, 5.74) is 5.59. The number of halogens is 1. The zero-order valence-electron chi connectivity index (χ0n) is 13.9. The summed E-state index contributed by atoms with van der Waals surface area (Å²) in [5.74, 6) is 0.772. The molecule has 1 atom stereocenters. The van der Waals surface area contributed by atoms with E-state index in [1.165, 1.54) is 37.8 Å². The lowest BCUT2D eigenvalue weighted by Crippen LogP contribution is -2.48. The van der Waals surface area contributed by atoms with Gasteiger partial charge in [-0.05, 0) is 0 Å². The minimum atomic E-state index is -3.82. The minimum absolute atomic E-state index is 0. The van der Waals surface area contributed by atoms with Crippen LogP contribution in [0, 0.1) is 0 Å². The molecular formula is C14H23ClN2O6S. The van der Waals surface area contributed by atoms with Crippen LogP contribution in [0.15, 0.2) is 17.0 Å². The van der Waals surface area contributed by atoms with E-state index in [1.54, 1.807) is 0 Å². The zero-order valence-corrected chi connectivity index (χ0v) is 15.5. The number of benzene rings is 1. The Morgan fingerprint density at radius 3 is 2.25 bits per heavy atom. The largest absolute Gasteiger partial charge is 0.496 e. The highest BCUT2D eigenvalue weighted by atomic mass is 35.5. The fourth-order valence-electron chi connectivity index (χ4n) is 2.41. The smallest absolute Gasteiger partial charge is 0.250 e. The first-order valence-corrected chi connectivity index (χ1v) is 8.53. The molecule has 2 N–H and O–H groups in total. The zero-order chi connectivity index (χ0) is 17.0. The Balaban J connectivity index is 0.00000288. The molecule has 138 valence electrons. The lowest BCUT2D eigenvalue weighted by Gasteiger charge is -2.32. The van der Waals surface area contributed by atoms with Crippen LogP contribution in [0.2, 0.25) is 0 Å². The van der Waals surface area contributed by atoms with Crippen molar-refractivity contribution in [2.24, 2.45) is 5.73 Å². The van der Waals surface area contributed by atoms with E-state index in [4.69, 9.17) is 24.7 Å². The van der Waals surface area contributed by atoms with Gasteiger partial charge in [0, 0.05) is 31.8 Å². The van der Waals surface area contributed by atoms with E-state index >= 15 is 0 Å². The van der Waals surface area contributed by atoms with Gasteiger partial charge in [0.05, 0.1) is 34.0 Å². The Morgan fingerprint density at radius 2 is 1.79 bits per heavy atom. The molecule has 1 heterocycles. The van der Waals surface area contributed by atoms with Crippen molar-refractivity contribution in [1.29, 1.82) is 0 Å². The van der Waals surface area contributed by atoms with Crippen LogP contribution < -0.4 is 19.9 Å². The van der Waals surface area contributed by atoms with Crippen molar-refractivity contribution >= 4 is 22.4 Å². The van der Waals surface area contributed by atoms with Gasteiger partial charge in [0.25, 0.3) is 10.0 Å². The molecule has 0 bridgehead atoms. The van der Waals surface area contributed by atoms with E-state index in [0.717, 1.165) is 0 Å². The molecule has 1 unspecified atom stereocenters. The molecule has 1 aliphatic rings. The van der Waals surface area contributed by atoms with Crippen LogP contribution in [0.25, 0.3) is 0 Å². The molecule has 0 amide bonds. The second-order valence-electron chi connectivity index (χ2n) is 4.95. The van der Waals surface area contributed by atoms with Gasteiger partial charge in [-0.3, -0.25) is 0 Å². The summed E-state index contributed by atoms with van der Waals surface area (Å²) in [4.78, 5) is -0.0269. The Hall–Kier alpha value is -1.26. The molecule has 0 aliphatic carbocycles. The lowest BCUT2D eigenvalue weighted by molar-refractivity contribution is 0.00443. The molecule has 0 spiro atoms. The van der Waals surface area contributed by atoms with Crippen LogP contribution in [-0.2, 0) is 14.8 Å². The van der Waals surface area contributed by atoms with Gasteiger partial charge in [-0.2, -0.15) is 4.31 Å². The minimum Gasteiger partial charge on any atom is -0.496 e. The number of nitrogens with two attached hydrogens (primary N) is 1. The van der Waals surface area contributed by atoms with Crippen molar-refractivity contribution in [2.75, 3.05) is 47.6 Å².